The molecule has 0 amide bonds. The third kappa shape index (κ3) is 2.84. The van der Waals surface area contributed by atoms with Gasteiger partial charge in [-0.3, -0.25) is 0 Å². The molecule has 0 bridgehead atoms. The van der Waals surface area contributed by atoms with Gasteiger partial charge in [0.25, 0.3) is 5.89 Å². The van der Waals surface area contributed by atoms with Crippen LogP contribution in [-0.2, 0) is 6.61 Å². The Labute approximate surface area is 103 Å². The standard InChI is InChI=1S/C12H13FN2O3/c1-7(16)9-3-4-11(10(13)5-9)17-6-12-15-14-8(2)18-12/h3-5,7,16H,6H2,1-2H3/t7-/m0/s1. The zero-order valence-corrected chi connectivity index (χ0v) is 10.1. The van der Waals surface area contributed by atoms with Gasteiger partial charge in [-0.15, -0.1) is 10.2 Å². The van der Waals surface area contributed by atoms with Crippen molar-refractivity contribution in [3.8, 4) is 5.75 Å². The van der Waals surface area contributed by atoms with Crippen LogP contribution >= 0.6 is 0 Å². The van der Waals surface area contributed by atoms with Crippen LogP contribution in [0.5, 0.6) is 5.75 Å². The highest BCUT2D eigenvalue weighted by atomic mass is 19.1. The molecule has 0 fully saturated rings. The maximum absolute atomic E-state index is 13.6. The molecule has 1 N–H and O–H groups in total. The van der Waals surface area contributed by atoms with Gasteiger partial charge in [0.15, 0.2) is 18.2 Å². The van der Waals surface area contributed by atoms with Crippen molar-refractivity contribution in [1.29, 1.82) is 0 Å². The van der Waals surface area contributed by atoms with Gasteiger partial charge in [0, 0.05) is 6.92 Å². The number of aliphatic hydroxyl groups is 1. The first-order valence-electron chi connectivity index (χ1n) is 5.45. The van der Waals surface area contributed by atoms with E-state index in [9.17, 15) is 9.50 Å². The van der Waals surface area contributed by atoms with Crippen LogP contribution in [0.2, 0.25) is 0 Å². The van der Waals surface area contributed by atoms with Crippen LogP contribution in [0.1, 0.15) is 30.4 Å². The molecular formula is C12H13FN2O3. The van der Waals surface area contributed by atoms with Crippen LogP contribution in [-0.4, -0.2) is 15.3 Å². The minimum atomic E-state index is -0.716. The Bertz CT molecular complexity index is 540. The van der Waals surface area contributed by atoms with Crippen LogP contribution in [0.4, 0.5) is 4.39 Å². The number of nitrogens with zero attached hydrogens (tertiary/aromatic N) is 2. The molecule has 5 nitrogen and oxygen atoms in total. The molecule has 96 valence electrons. The van der Waals surface area contributed by atoms with Gasteiger partial charge in [0.2, 0.25) is 5.89 Å². The molecule has 2 rings (SSSR count). The van der Waals surface area contributed by atoms with E-state index in [1.165, 1.54) is 12.1 Å². The van der Waals surface area contributed by atoms with E-state index in [-0.39, 0.29) is 18.2 Å². The molecule has 0 aliphatic rings. The highest BCUT2D eigenvalue weighted by molar-refractivity contribution is 5.30. The summed E-state index contributed by atoms with van der Waals surface area (Å²) in [5, 5.41) is 16.7. The molecular weight excluding hydrogens is 239 g/mol. The number of aliphatic hydroxyl groups excluding tert-OH is 1. The zero-order valence-electron chi connectivity index (χ0n) is 10.1. The Hall–Kier alpha value is -1.95. The molecule has 0 saturated heterocycles. The summed E-state index contributed by atoms with van der Waals surface area (Å²) in [6.45, 7) is 3.23. The minimum Gasteiger partial charge on any atom is -0.481 e. The van der Waals surface area contributed by atoms with Crippen LogP contribution in [0.25, 0.3) is 0 Å². The van der Waals surface area contributed by atoms with Crippen LogP contribution in [0.3, 0.4) is 0 Å². The lowest BCUT2D eigenvalue weighted by molar-refractivity contribution is 0.198. The van der Waals surface area contributed by atoms with Crippen molar-refractivity contribution >= 4 is 0 Å². The molecule has 0 aliphatic carbocycles. The van der Waals surface area contributed by atoms with Gasteiger partial charge in [0.1, 0.15) is 0 Å². The second-order valence-electron chi connectivity index (χ2n) is 3.87. The van der Waals surface area contributed by atoms with Gasteiger partial charge in [0.05, 0.1) is 6.10 Å². The molecule has 1 atom stereocenters. The summed E-state index contributed by atoms with van der Waals surface area (Å²) in [5.41, 5.74) is 0.494. The van der Waals surface area contributed by atoms with E-state index >= 15 is 0 Å². The summed E-state index contributed by atoms with van der Waals surface area (Å²) in [7, 11) is 0. The first-order chi connectivity index (χ1) is 8.56. The van der Waals surface area contributed by atoms with Crippen LogP contribution in [0, 0.1) is 12.7 Å². The van der Waals surface area contributed by atoms with Crippen LogP contribution < -0.4 is 4.74 Å². The number of halogens is 1. The van der Waals surface area contributed by atoms with Gasteiger partial charge in [-0.05, 0) is 24.6 Å². The minimum absolute atomic E-state index is 0.00574. The summed E-state index contributed by atoms with van der Waals surface area (Å²) < 4.78 is 23.9. The van der Waals surface area contributed by atoms with Crippen molar-refractivity contribution < 1.29 is 18.7 Å². The molecule has 1 aromatic carbocycles. The normalized spacial score (nSPS) is 12.4. The molecule has 0 spiro atoms. The van der Waals surface area contributed by atoms with Gasteiger partial charge in [-0.2, -0.15) is 0 Å². The van der Waals surface area contributed by atoms with E-state index in [2.05, 4.69) is 10.2 Å². The fourth-order valence-corrected chi connectivity index (χ4v) is 1.43. The zero-order chi connectivity index (χ0) is 13.1. The third-order valence-corrected chi connectivity index (χ3v) is 2.36. The van der Waals surface area contributed by atoms with Crippen molar-refractivity contribution in [3.05, 3.63) is 41.4 Å². The molecule has 6 heteroatoms. The van der Waals surface area contributed by atoms with E-state index in [4.69, 9.17) is 9.15 Å². The SMILES string of the molecule is Cc1nnc(COc2ccc([C@H](C)O)cc2F)o1. The fourth-order valence-electron chi connectivity index (χ4n) is 1.43. The topological polar surface area (TPSA) is 68.4 Å². The first-order valence-corrected chi connectivity index (χ1v) is 5.45. The highest BCUT2D eigenvalue weighted by Crippen LogP contribution is 2.22. The number of aryl methyl sites for hydroxylation is 1. The molecule has 1 heterocycles. The summed E-state index contributed by atoms with van der Waals surface area (Å²) in [5.74, 6) is 0.255. The number of ether oxygens (including phenoxy) is 1. The quantitative estimate of drug-likeness (QED) is 0.902. The summed E-state index contributed by atoms with van der Waals surface area (Å²) in [6.07, 6.45) is -0.716. The van der Waals surface area contributed by atoms with E-state index in [1.807, 2.05) is 0 Å². The smallest absolute Gasteiger partial charge is 0.253 e. The Balaban J connectivity index is 2.05. The maximum Gasteiger partial charge on any atom is 0.253 e. The monoisotopic (exact) mass is 252 g/mol. The third-order valence-electron chi connectivity index (χ3n) is 2.36. The molecule has 0 unspecified atom stereocenters. The Morgan fingerprint density at radius 2 is 2.22 bits per heavy atom. The number of benzene rings is 1. The number of rotatable bonds is 4. The van der Waals surface area contributed by atoms with Crippen LogP contribution in [0.15, 0.2) is 22.6 Å². The highest BCUT2D eigenvalue weighted by Gasteiger charge is 2.09. The van der Waals surface area contributed by atoms with E-state index in [0.29, 0.717) is 11.5 Å². The second kappa shape index (κ2) is 5.14. The average Bonchev–Trinajstić information content (AvgIpc) is 2.73. The Morgan fingerprint density at radius 3 is 2.78 bits per heavy atom. The van der Waals surface area contributed by atoms with Crippen molar-refractivity contribution in [2.45, 2.75) is 26.6 Å². The number of hydrogen-bond acceptors (Lipinski definition) is 5. The van der Waals surface area contributed by atoms with E-state index in [1.54, 1.807) is 19.9 Å². The largest absolute Gasteiger partial charge is 0.481 e. The molecule has 18 heavy (non-hydrogen) atoms. The average molecular weight is 252 g/mol. The van der Waals surface area contributed by atoms with E-state index < -0.39 is 11.9 Å². The van der Waals surface area contributed by atoms with E-state index in [0.717, 1.165) is 0 Å². The molecule has 2 aromatic rings. The molecule has 0 saturated carbocycles. The van der Waals surface area contributed by atoms with Crippen molar-refractivity contribution in [2.24, 2.45) is 0 Å². The predicted molar refractivity (Wildman–Crippen MR) is 60.4 cm³/mol. The summed E-state index contributed by atoms with van der Waals surface area (Å²) in [6, 6.07) is 4.29. The Morgan fingerprint density at radius 1 is 1.44 bits per heavy atom. The summed E-state index contributed by atoms with van der Waals surface area (Å²) >= 11 is 0. The van der Waals surface area contributed by atoms with Crippen molar-refractivity contribution in [1.82, 2.24) is 10.2 Å². The molecule has 0 aliphatic heterocycles. The number of hydrogen-bond donors (Lipinski definition) is 1. The van der Waals surface area contributed by atoms with Gasteiger partial charge >= 0.3 is 0 Å². The predicted octanol–water partition coefficient (Wildman–Crippen LogP) is 2.15. The molecule has 0 radical (unpaired) electrons. The first kappa shape index (κ1) is 12.5. The van der Waals surface area contributed by atoms with Gasteiger partial charge < -0.3 is 14.3 Å². The van der Waals surface area contributed by atoms with Gasteiger partial charge in [-0.25, -0.2) is 4.39 Å². The maximum atomic E-state index is 13.6. The fraction of sp³-hybridized carbons (Fsp3) is 0.333. The number of aromatic nitrogens is 2. The van der Waals surface area contributed by atoms with Crippen molar-refractivity contribution in [2.75, 3.05) is 0 Å². The lowest BCUT2D eigenvalue weighted by Crippen LogP contribution is -1.99. The lowest BCUT2D eigenvalue weighted by Gasteiger charge is -2.08. The molecule has 1 aromatic heterocycles. The Kier molecular flexibility index (Phi) is 3.57. The second-order valence-corrected chi connectivity index (χ2v) is 3.87. The summed E-state index contributed by atoms with van der Waals surface area (Å²) in [4.78, 5) is 0. The lowest BCUT2D eigenvalue weighted by atomic mass is 10.1. The van der Waals surface area contributed by atoms with Gasteiger partial charge in [-0.1, -0.05) is 6.07 Å². The van der Waals surface area contributed by atoms with Crippen molar-refractivity contribution in [3.63, 3.8) is 0 Å².